The Morgan fingerprint density at radius 3 is 2.38 bits per heavy atom. The summed E-state index contributed by atoms with van der Waals surface area (Å²) in [6.45, 7) is 0. The predicted molar refractivity (Wildman–Crippen MR) is 133 cm³/mol. The first-order chi connectivity index (χ1) is 16.2. The lowest BCUT2D eigenvalue weighted by Gasteiger charge is -2.12. The van der Waals surface area contributed by atoms with E-state index >= 15 is 0 Å². The van der Waals surface area contributed by atoms with Crippen LogP contribution in [-0.4, -0.2) is 36.4 Å². The van der Waals surface area contributed by atoms with Crippen LogP contribution in [0.2, 0.25) is 10.0 Å². The summed E-state index contributed by atoms with van der Waals surface area (Å²) in [5.41, 5.74) is 3.20. The first kappa shape index (κ1) is 22.9. The molecule has 1 fully saturated rings. The van der Waals surface area contributed by atoms with Crippen LogP contribution in [0.4, 0.5) is 4.39 Å². The smallest absolute Gasteiger partial charge is 0.251 e. The first-order valence-corrected chi connectivity index (χ1v) is 13.2. The molecule has 3 aromatic carbocycles. The molecule has 0 radical (unpaired) electrons. The highest BCUT2D eigenvalue weighted by Crippen LogP contribution is 2.40. The average molecular weight is 517 g/mol. The van der Waals surface area contributed by atoms with E-state index in [2.05, 4.69) is 5.32 Å². The fourth-order valence-electron chi connectivity index (χ4n) is 4.32. The second-order valence-electron chi connectivity index (χ2n) is 8.29. The van der Waals surface area contributed by atoms with Gasteiger partial charge in [0.05, 0.1) is 17.0 Å². The van der Waals surface area contributed by atoms with Gasteiger partial charge in [-0.15, -0.1) is 0 Å². The van der Waals surface area contributed by atoms with Crippen LogP contribution in [0, 0.1) is 5.82 Å². The number of aromatic nitrogens is 1. The number of hydrogen-bond donors (Lipinski definition) is 1. The lowest BCUT2D eigenvalue weighted by molar-refractivity contribution is 0.0941. The van der Waals surface area contributed by atoms with Gasteiger partial charge in [0.15, 0.2) is 9.84 Å². The normalized spacial score (nSPS) is 17.2. The van der Waals surface area contributed by atoms with E-state index in [1.54, 1.807) is 42.5 Å². The van der Waals surface area contributed by atoms with Crippen LogP contribution in [0.25, 0.3) is 27.7 Å². The summed E-state index contributed by atoms with van der Waals surface area (Å²) in [7, 11) is -3.11. The van der Waals surface area contributed by atoms with Crippen molar-refractivity contribution in [1.82, 2.24) is 9.88 Å². The molecule has 1 saturated heterocycles. The van der Waals surface area contributed by atoms with Crippen molar-refractivity contribution < 1.29 is 17.6 Å². The number of rotatable bonds is 4. The van der Waals surface area contributed by atoms with Crippen molar-refractivity contribution in [1.29, 1.82) is 0 Å². The fourth-order valence-corrected chi connectivity index (χ4v) is 6.59. The zero-order chi connectivity index (χ0) is 24.0. The molecule has 0 aliphatic carbocycles. The van der Waals surface area contributed by atoms with E-state index in [0.717, 1.165) is 10.9 Å². The molecule has 1 unspecified atom stereocenters. The standard InChI is InChI=1S/C25H19Cl2FN2O3S/c26-21-2-1-3-22(27)24(21)20-13-30(18-7-5-16(28)6-8-18)23-12-15(4-9-19(20)23)25(31)29-17-10-11-34(32,33)14-17/h1-9,12-13,17H,10-11,14H2,(H,29,31). The molecule has 0 saturated carbocycles. The van der Waals surface area contributed by atoms with E-state index in [1.165, 1.54) is 12.1 Å². The summed E-state index contributed by atoms with van der Waals surface area (Å²) in [6, 6.07) is 16.1. The zero-order valence-electron chi connectivity index (χ0n) is 17.8. The van der Waals surface area contributed by atoms with E-state index < -0.39 is 15.9 Å². The van der Waals surface area contributed by atoms with Crippen LogP contribution in [0.5, 0.6) is 0 Å². The number of fused-ring (bicyclic) bond motifs is 1. The molecule has 174 valence electrons. The zero-order valence-corrected chi connectivity index (χ0v) is 20.1. The number of amides is 1. The van der Waals surface area contributed by atoms with Crippen LogP contribution in [0.1, 0.15) is 16.8 Å². The average Bonchev–Trinajstić information content (AvgIpc) is 3.33. The second-order valence-corrected chi connectivity index (χ2v) is 11.3. The largest absolute Gasteiger partial charge is 0.348 e. The van der Waals surface area contributed by atoms with Gasteiger partial charge in [-0.2, -0.15) is 0 Å². The number of carbonyl (C=O) groups excluding carboxylic acids is 1. The Morgan fingerprint density at radius 2 is 1.74 bits per heavy atom. The van der Waals surface area contributed by atoms with E-state index in [4.69, 9.17) is 23.2 Å². The van der Waals surface area contributed by atoms with Gasteiger partial charge in [0.25, 0.3) is 5.91 Å². The molecule has 1 aromatic heterocycles. The van der Waals surface area contributed by atoms with Crippen molar-refractivity contribution in [3.63, 3.8) is 0 Å². The van der Waals surface area contributed by atoms with Crippen LogP contribution >= 0.6 is 23.2 Å². The summed E-state index contributed by atoms with van der Waals surface area (Å²) in [5.74, 6) is -0.691. The van der Waals surface area contributed by atoms with Gasteiger partial charge in [-0.25, -0.2) is 12.8 Å². The van der Waals surface area contributed by atoms with E-state index in [0.29, 0.717) is 38.8 Å². The third-order valence-corrected chi connectivity index (χ3v) is 8.37. The summed E-state index contributed by atoms with van der Waals surface area (Å²) in [5, 5.41) is 4.59. The highest BCUT2D eigenvalue weighted by molar-refractivity contribution is 7.91. The molecule has 5 nitrogen and oxygen atoms in total. The minimum atomic E-state index is -3.11. The fraction of sp³-hybridized carbons (Fsp3) is 0.160. The van der Waals surface area contributed by atoms with Crippen molar-refractivity contribution in [2.24, 2.45) is 0 Å². The van der Waals surface area contributed by atoms with Gasteiger partial charge < -0.3 is 9.88 Å². The van der Waals surface area contributed by atoms with Crippen LogP contribution in [0.15, 0.2) is 66.9 Å². The molecule has 0 spiro atoms. The number of halogens is 3. The van der Waals surface area contributed by atoms with Gasteiger partial charge in [-0.3, -0.25) is 4.79 Å². The monoisotopic (exact) mass is 516 g/mol. The van der Waals surface area contributed by atoms with Gasteiger partial charge in [-0.1, -0.05) is 35.3 Å². The molecule has 0 bridgehead atoms. The number of hydrogen-bond acceptors (Lipinski definition) is 3. The van der Waals surface area contributed by atoms with Crippen molar-refractivity contribution in [3.8, 4) is 16.8 Å². The lowest BCUT2D eigenvalue weighted by Crippen LogP contribution is -2.35. The summed E-state index contributed by atoms with van der Waals surface area (Å²) < 4.78 is 38.9. The van der Waals surface area contributed by atoms with Crippen molar-refractivity contribution in [3.05, 3.63) is 88.3 Å². The van der Waals surface area contributed by atoms with Gasteiger partial charge >= 0.3 is 0 Å². The quantitative estimate of drug-likeness (QED) is 0.380. The van der Waals surface area contributed by atoms with Gasteiger partial charge in [-0.05, 0) is 55.0 Å². The molecule has 4 aromatic rings. The second kappa shape index (κ2) is 8.73. The van der Waals surface area contributed by atoms with Gasteiger partial charge in [0.1, 0.15) is 5.82 Å². The predicted octanol–water partition coefficient (Wildman–Crippen LogP) is 5.66. The third-order valence-electron chi connectivity index (χ3n) is 5.97. The molecule has 1 N–H and O–H groups in total. The Morgan fingerprint density at radius 1 is 1.03 bits per heavy atom. The Balaban J connectivity index is 1.63. The number of nitrogens with zero attached hydrogens (tertiary/aromatic N) is 1. The summed E-state index contributed by atoms with van der Waals surface area (Å²) in [6.07, 6.45) is 2.26. The van der Waals surface area contributed by atoms with Crippen molar-refractivity contribution >= 4 is 49.8 Å². The maximum absolute atomic E-state index is 13.6. The van der Waals surface area contributed by atoms with E-state index in [1.807, 2.05) is 16.8 Å². The highest BCUT2D eigenvalue weighted by Gasteiger charge is 2.29. The topological polar surface area (TPSA) is 68.2 Å². The van der Waals surface area contributed by atoms with Crippen molar-refractivity contribution in [2.45, 2.75) is 12.5 Å². The Labute approximate surface area is 206 Å². The molecule has 5 rings (SSSR count). The Hall–Kier alpha value is -2.87. The summed E-state index contributed by atoms with van der Waals surface area (Å²) in [4.78, 5) is 12.9. The van der Waals surface area contributed by atoms with Gasteiger partial charge in [0, 0.05) is 50.0 Å². The lowest BCUT2D eigenvalue weighted by atomic mass is 10.0. The minimum Gasteiger partial charge on any atom is -0.348 e. The Kier molecular flexibility index (Phi) is 5.88. The van der Waals surface area contributed by atoms with Crippen molar-refractivity contribution in [2.75, 3.05) is 11.5 Å². The molecular weight excluding hydrogens is 498 g/mol. The molecule has 34 heavy (non-hydrogen) atoms. The van der Waals surface area contributed by atoms with Crippen LogP contribution < -0.4 is 5.32 Å². The van der Waals surface area contributed by atoms with E-state index in [9.17, 15) is 17.6 Å². The summed E-state index contributed by atoms with van der Waals surface area (Å²) >= 11 is 13.0. The molecule has 1 aliphatic heterocycles. The highest BCUT2D eigenvalue weighted by atomic mass is 35.5. The SMILES string of the molecule is O=C(NC1CCS(=O)(=O)C1)c1ccc2c(-c3c(Cl)cccc3Cl)cn(-c3ccc(F)cc3)c2c1. The molecule has 1 atom stereocenters. The number of carbonyl (C=O) groups is 1. The number of benzene rings is 3. The minimum absolute atomic E-state index is 0.0535. The molecular formula is C25H19Cl2FN2O3S. The molecule has 1 aliphatic rings. The maximum atomic E-state index is 13.6. The number of sulfone groups is 1. The maximum Gasteiger partial charge on any atom is 0.251 e. The first-order valence-electron chi connectivity index (χ1n) is 10.6. The molecule has 1 amide bonds. The Bertz CT molecular complexity index is 1510. The molecule has 9 heteroatoms. The third kappa shape index (κ3) is 4.31. The van der Waals surface area contributed by atoms with Gasteiger partial charge in [0.2, 0.25) is 0 Å². The van der Waals surface area contributed by atoms with E-state index in [-0.39, 0.29) is 23.2 Å². The number of nitrogens with one attached hydrogen (secondary N) is 1. The van der Waals surface area contributed by atoms with Crippen LogP contribution in [0.3, 0.4) is 0 Å². The molecule has 2 heterocycles. The van der Waals surface area contributed by atoms with Crippen LogP contribution in [-0.2, 0) is 9.84 Å².